The number of ether oxygens (including phenoxy) is 1. The Morgan fingerprint density at radius 3 is 2.72 bits per heavy atom. The summed E-state index contributed by atoms with van der Waals surface area (Å²) in [6.45, 7) is 9.30. The van der Waals surface area contributed by atoms with Crippen LogP contribution < -0.4 is 5.32 Å². The number of nitrogens with one attached hydrogen (secondary N) is 1. The van der Waals surface area contributed by atoms with Gasteiger partial charge >= 0.3 is 0 Å². The molecular formula is C15H30N2O. The van der Waals surface area contributed by atoms with Gasteiger partial charge in [-0.2, -0.15) is 0 Å². The lowest BCUT2D eigenvalue weighted by molar-refractivity contribution is 0.0692. The van der Waals surface area contributed by atoms with Crippen molar-refractivity contribution in [3.05, 3.63) is 0 Å². The molecule has 2 aliphatic rings. The van der Waals surface area contributed by atoms with Crippen LogP contribution in [0.3, 0.4) is 0 Å². The quantitative estimate of drug-likeness (QED) is 0.705. The van der Waals surface area contributed by atoms with Gasteiger partial charge in [-0.05, 0) is 51.5 Å². The zero-order valence-electron chi connectivity index (χ0n) is 12.4. The van der Waals surface area contributed by atoms with Crippen molar-refractivity contribution < 1.29 is 4.74 Å². The fraction of sp³-hybridized carbons (Fsp3) is 1.00. The third kappa shape index (κ3) is 3.46. The SMILES string of the molecule is CCC1CNC(C)(C2CC2)CN1CCCCOC. The Balaban J connectivity index is 1.82. The molecule has 0 amide bonds. The smallest absolute Gasteiger partial charge is 0.0462 e. The van der Waals surface area contributed by atoms with Gasteiger partial charge in [0, 0.05) is 38.4 Å². The molecule has 0 bridgehead atoms. The number of unbranched alkanes of at least 4 members (excludes halogenated alkanes) is 1. The van der Waals surface area contributed by atoms with E-state index in [4.69, 9.17) is 4.74 Å². The molecule has 3 nitrogen and oxygen atoms in total. The van der Waals surface area contributed by atoms with Crippen LogP contribution in [0.25, 0.3) is 0 Å². The fourth-order valence-corrected chi connectivity index (χ4v) is 3.31. The molecule has 1 aliphatic carbocycles. The minimum Gasteiger partial charge on any atom is -0.385 e. The average Bonchev–Trinajstić information content (AvgIpc) is 3.19. The lowest BCUT2D eigenvalue weighted by Crippen LogP contribution is -2.63. The zero-order chi connectivity index (χ0) is 13.0. The molecule has 2 unspecified atom stereocenters. The molecule has 18 heavy (non-hydrogen) atoms. The van der Waals surface area contributed by atoms with Crippen LogP contribution in [0.2, 0.25) is 0 Å². The van der Waals surface area contributed by atoms with Crippen molar-refractivity contribution in [2.75, 3.05) is 33.4 Å². The fourth-order valence-electron chi connectivity index (χ4n) is 3.31. The van der Waals surface area contributed by atoms with Gasteiger partial charge in [-0.1, -0.05) is 6.92 Å². The van der Waals surface area contributed by atoms with Gasteiger partial charge in [-0.3, -0.25) is 4.90 Å². The van der Waals surface area contributed by atoms with E-state index in [2.05, 4.69) is 24.1 Å². The Kier molecular flexibility index (Phi) is 5.05. The van der Waals surface area contributed by atoms with E-state index in [1.807, 2.05) is 0 Å². The van der Waals surface area contributed by atoms with Gasteiger partial charge in [0.1, 0.15) is 0 Å². The van der Waals surface area contributed by atoms with E-state index < -0.39 is 0 Å². The summed E-state index contributed by atoms with van der Waals surface area (Å²) in [7, 11) is 1.80. The van der Waals surface area contributed by atoms with Gasteiger partial charge < -0.3 is 10.1 Å². The molecule has 3 heteroatoms. The molecule has 2 rings (SSSR count). The molecule has 0 aromatic carbocycles. The summed E-state index contributed by atoms with van der Waals surface area (Å²) in [4.78, 5) is 2.73. The first-order valence-corrected chi connectivity index (χ1v) is 7.67. The van der Waals surface area contributed by atoms with Crippen LogP contribution in [0.1, 0.15) is 46.0 Å². The maximum absolute atomic E-state index is 5.14. The number of rotatable bonds is 7. The van der Waals surface area contributed by atoms with Crippen LogP contribution in [-0.2, 0) is 4.74 Å². The van der Waals surface area contributed by atoms with E-state index in [0.29, 0.717) is 5.54 Å². The molecule has 106 valence electrons. The highest BCUT2D eigenvalue weighted by atomic mass is 16.5. The van der Waals surface area contributed by atoms with Crippen molar-refractivity contribution in [3.63, 3.8) is 0 Å². The van der Waals surface area contributed by atoms with Gasteiger partial charge in [0.2, 0.25) is 0 Å². The highest BCUT2D eigenvalue weighted by Crippen LogP contribution is 2.41. The predicted molar refractivity (Wildman–Crippen MR) is 75.9 cm³/mol. The molecule has 0 aromatic heterocycles. The molecule has 1 aliphatic heterocycles. The molecule has 0 radical (unpaired) electrons. The van der Waals surface area contributed by atoms with Crippen molar-refractivity contribution in [1.29, 1.82) is 0 Å². The summed E-state index contributed by atoms with van der Waals surface area (Å²) in [6.07, 6.45) is 6.58. The van der Waals surface area contributed by atoms with Crippen molar-refractivity contribution in [3.8, 4) is 0 Å². The molecule has 2 fully saturated rings. The van der Waals surface area contributed by atoms with Crippen LogP contribution >= 0.6 is 0 Å². The van der Waals surface area contributed by atoms with Crippen molar-refractivity contribution in [1.82, 2.24) is 10.2 Å². The minimum atomic E-state index is 0.382. The highest BCUT2D eigenvalue weighted by molar-refractivity contribution is 5.03. The third-order valence-electron chi connectivity index (χ3n) is 4.78. The average molecular weight is 254 g/mol. The normalized spacial score (nSPS) is 33.8. The molecule has 0 aromatic rings. The Morgan fingerprint density at radius 1 is 1.33 bits per heavy atom. The standard InChI is InChI=1S/C15H30N2O/c1-4-14-11-16-15(2,13-7-8-13)12-17(14)9-5-6-10-18-3/h13-14,16H,4-12H2,1-3H3. The molecule has 0 spiro atoms. The lowest BCUT2D eigenvalue weighted by atomic mass is 9.90. The first kappa shape index (κ1) is 14.3. The van der Waals surface area contributed by atoms with Crippen molar-refractivity contribution in [2.24, 2.45) is 5.92 Å². The maximum atomic E-state index is 5.14. The van der Waals surface area contributed by atoms with Gasteiger partial charge in [0.25, 0.3) is 0 Å². The summed E-state index contributed by atoms with van der Waals surface area (Å²) in [5, 5.41) is 3.82. The van der Waals surface area contributed by atoms with Crippen LogP contribution in [0.15, 0.2) is 0 Å². The Labute approximate surface area is 112 Å². The summed E-state index contributed by atoms with van der Waals surface area (Å²) in [5.74, 6) is 0.928. The number of nitrogens with zero attached hydrogens (tertiary/aromatic N) is 1. The van der Waals surface area contributed by atoms with E-state index >= 15 is 0 Å². The van der Waals surface area contributed by atoms with Crippen LogP contribution in [0.5, 0.6) is 0 Å². The second kappa shape index (κ2) is 6.36. The first-order chi connectivity index (χ1) is 8.69. The topological polar surface area (TPSA) is 24.5 Å². The van der Waals surface area contributed by atoms with Gasteiger partial charge in [-0.15, -0.1) is 0 Å². The molecular weight excluding hydrogens is 224 g/mol. The van der Waals surface area contributed by atoms with Crippen LogP contribution in [0, 0.1) is 5.92 Å². The summed E-state index contributed by atoms with van der Waals surface area (Å²) in [6, 6.07) is 0.736. The Hall–Kier alpha value is -0.120. The number of hydrogen-bond donors (Lipinski definition) is 1. The summed E-state index contributed by atoms with van der Waals surface area (Å²) >= 11 is 0. The largest absolute Gasteiger partial charge is 0.385 e. The molecule has 1 heterocycles. The van der Waals surface area contributed by atoms with E-state index in [1.165, 1.54) is 51.7 Å². The lowest BCUT2D eigenvalue weighted by Gasteiger charge is -2.46. The second-order valence-electron chi connectivity index (χ2n) is 6.31. The summed E-state index contributed by atoms with van der Waals surface area (Å²) in [5.41, 5.74) is 0.382. The number of piperazine rings is 1. The maximum Gasteiger partial charge on any atom is 0.0462 e. The van der Waals surface area contributed by atoms with Gasteiger partial charge in [0.15, 0.2) is 0 Å². The molecule has 1 saturated carbocycles. The monoisotopic (exact) mass is 254 g/mol. The third-order valence-corrected chi connectivity index (χ3v) is 4.78. The van der Waals surface area contributed by atoms with Crippen LogP contribution in [-0.4, -0.2) is 49.8 Å². The highest BCUT2D eigenvalue weighted by Gasteiger charge is 2.45. The minimum absolute atomic E-state index is 0.382. The molecule has 1 N–H and O–H groups in total. The molecule has 2 atom stereocenters. The second-order valence-corrected chi connectivity index (χ2v) is 6.31. The predicted octanol–water partition coefficient (Wildman–Crippen LogP) is 2.27. The van der Waals surface area contributed by atoms with Gasteiger partial charge in [-0.25, -0.2) is 0 Å². The number of hydrogen-bond acceptors (Lipinski definition) is 3. The van der Waals surface area contributed by atoms with Gasteiger partial charge in [0.05, 0.1) is 0 Å². The number of methoxy groups -OCH3 is 1. The Bertz CT molecular complexity index is 255. The summed E-state index contributed by atoms with van der Waals surface area (Å²) < 4.78 is 5.14. The van der Waals surface area contributed by atoms with E-state index in [0.717, 1.165) is 18.6 Å². The van der Waals surface area contributed by atoms with Crippen molar-refractivity contribution >= 4 is 0 Å². The van der Waals surface area contributed by atoms with E-state index in [-0.39, 0.29) is 0 Å². The first-order valence-electron chi connectivity index (χ1n) is 7.67. The van der Waals surface area contributed by atoms with Crippen molar-refractivity contribution in [2.45, 2.75) is 57.5 Å². The van der Waals surface area contributed by atoms with Crippen LogP contribution in [0.4, 0.5) is 0 Å². The van der Waals surface area contributed by atoms with E-state index in [9.17, 15) is 0 Å². The van der Waals surface area contributed by atoms with E-state index in [1.54, 1.807) is 7.11 Å². The zero-order valence-corrected chi connectivity index (χ0v) is 12.4. The molecule has 1 saturated heterocycles. The Morgan fingerprint density at radius 2 is 2.11 bits per heavy atom.